The van der Waals surface area contributed by atoms with Gasteiger partial charge in [-0.1, -0.05) is 23.4 Å². The molecule has 0 spiro atoms. The van der Waals surface area contributed by atoms with Crippen LogP contribution in [0.1, 0.15) is 20.8 Å². The first kappa shape index (κ1) is 20.4. The molecule has 0 saturated carbocycles. The SMILES string of the molecule is C[C@H](NP(=O)(ON=C1C(=O)OC(C)(C)OC1=O)Oc1ccccc1)C(=O)O. The molecule has 0 amide bonds. The minimum Gasteiger partial charge on any atom is -0.480 e. The smallest absolute Gasteiger partial charge is 0.480 e. The van der Waals surface area contributed by atoms with Gasteiger partial charge in [0.2, 0.25) is 0 Å². The summed E-state index contributed by atoms with van der Waals surface area (Å²) in [6.45, 7) is 3.85. The Hall–Kier alpha value is -2.91. The van der Waals surface area contributed by atoms with E-state index in [9.17, 15) is 18.9 Å². The highest BCUT2D eigenvalue weighted by molar-refractivity contribution is 7.52. The van der Waals surface area contributed by atoms with Crippen LogP contribution in [0.25, 0.3) is 0 Å². The van der Waals surface area contributed by atoms with Crippen molar-refractivity contribution in [2.75, 3.05) is 0 Å². The Balaban J connectivity index is 2.26. The standard InChI is InChI=1S/C15H17N2O9P/c1-9(12(18)19)17-27(22,25-10-7-5-4-6-8-10)26-16-11-13(20)23-15(2,3)24-14(11)21/h4-9H,1-3H3,(H,17,22)(H,18,19)/t9-,27?/m0/s1. The third kappa shape index (κ3) is 5.53. The molecule has 2 rings (SSSR count). The molecule has 0 aliphatic carbocycles. The molecule has 12 heteroatoms. The fourth-order valence-corrected chi connectivity index (χ4v) is 3.10. The summed E-state index contributed by atoms with van der Waals surface area (Å²) in [5, 5.41) is 14.3. The zero-order chi connectivity index (χ0) is 20.2. The van der Waals surface area contributed by atoms with Gasteiger partial charge in [0.25, 0.3) is 11.5 Å². The van der Waals surface area contributed by atoms with Crippen molar-refractivity contribution in [1.82, 2.24) is 5.09 Å². The van der Waals surface area contributed by atoms with Crippen LogP contribution in [0.3, 0.4) is 0 Å². The summed E-state index contributed by atoms with van der Waals surface area (Å²) >= 11 is 0. The number of carboxylic acids is 1. The molecule has 1 aliphatic heterocycles. The van der Waals surface area contributed by atoms with E-state index in [2.05, 4.69) is 10.2 Å². The van der Waals surface area contributed by atoms with Crippen LogP contribution in [0.4, 0.5) is 0 Å². The number of hydrogen-bond acceptors (Lipinski definition) is 9. The van der Waals surface area contributed by atoms with Crippen LogP contribution in [0.15, 0.2) is 35.5 Å². The molecule has 27 heavy (non-hydrogen) atoms. The summed E-state index contributed by atoms with van der Waals surface area (Å²) in [6, 6.07) is 6.32. The second kappa shape index (κ2) is 7.77. The first-order valence-electron chi connectivity index (χ1n) is 7.60. The topological polar surface area (TPSA) is 150 Å². The van der Waals surface area contributed by atoms with Gasteiger partial charge in [-0.25, -0.2) is 14.2 Å². The van der Waals surface area contributed by atoms with E-state index in [1.807, 2.05) is 0 Å². The van der Waals surface area contributed by atoms with E-state index >= 15 is 0 Å². The maximum Gasteiger partial charge on any atom is 0.533 e. The molecule has 0 bridgehead atoms. The van der Waals surface area contributed by atoms with E-state index in [4.69, 9.17) is 23.7 Å². The van der Waals surface area contributed by atoms with Crippen molar-refractivity contribution in [3.05, 3.63) is 30.3 Å². The quantitative estimate of drug-likeness (QED) is 0.391. The number of nitrogens with one attached hydrogen (secondary N) is 1. The molecule has 2 N–H and O–H groups in total. The molecule has 1 aromatic carbocycles. The number of cyclic esters (lactones) is 2. The van der Waals surface area contributed by atoms with Gasteiger partial charge in [0.1, 0.15) is 11.8 Å². The van der Waals surface area contributed by atoms with Gasteiger partial charge < -0.3 is 19.1 Å². The Kier molecular flexibility index (Phi) is 5.87. The second-order valence-electron chi connectivity index (χ2n) is 5.79. The van der Waals surface area contributed by atoms with Crippen molar-refractivity contribution in [2.45, 2.75) is 32.6 Å². The van der Waals surface area contributed by atoms with Gasteiger partial charge in [-0.15, -0.1) is 0 Å². The fourth-order valence-electron chi connectivity index (χ4n) is 1.80. The van der Waals surface area contributed by atoms with Crippen LogP contribution < -0.4 is 9.61 Å². The Labute approximate surface area is 153 Å². The lowest BCUT2D eigenvalue weighted by molar-refractivity contribution is -0.215. The molecule has 146 valence electrons. The van der Waals surface area contributed by atoms with Crippen molar-refractivity contribution >= 4 is 31.4 Å². The number of esters is 2. The van der Waals surface area contributed by atoms with Crippen LogP contribution in [0, 0.1) is 0 Å². The minimum atomic E-state index is -4.44. The van der Waals surface area contributed by atoms with E-state index in [0.29, 0.717) is 0 Å². The highest BCUT2D eigenvalue weighted by Gasteiger charge is 2.42. The number of benzene rings is 1. The molecule has 11 nitrogen and oxygen atoms in total. The number of hydrogen-bond donors (Lipinski definition) is 2. The predicted molar refractivity (Wildman–Crippen MR) is 89.7 cm³/mol. The molecule has 0 aromatic heterocycles. The molecule has 1 saturated heterocycles. The Morgan fingerprint density at radius 3 is 2.30 bits per heavy atom. The van der Waals surface area contributed by atoms with Crippen molar-refractivity contribution in [3.63, 3.8) is 0 Å². The maximum absolute atomic E-state index is 12.9. The Morgan fingerprint density at radius 2 is 1.78 bits per heavy atom. The first-order chi connectivity index (χ1) is 12.5. The molecule has 0 radical (unpaired) electrons. The van der Waals surface area contributed by atoms with E-state index in [1.165, 1.54) is 32.9 Å². The van der Waals surface area contributed by atoms with Gasteiger partial charge in [-0.05, 0) is 19.1 Å². The molecular formula is C15H17N2O9P. The number of nitrogens with zero attached hydrogens (tertiary/aromatic N) is 1. The number of ether oxygens (including phenoxy) is 2. The number of rotatable bonds is 7. The maximum atomic E-state index is 12.9. The van der Waals surface area contributed by atoms with Gasteiger partial charge >= 0.3 is 25.7 Å². The van der Waals surface area contributed by atoms with Crippen molar-refractivity contribution in [1.29, 1.82) is 0 Å². The zero-order valence-electron chi connectivity index (χ0n) is 14.6. The largest absolute Gasteiger partial charge is 0.533 e. The number of carbonyl (C=O) groups is 3. The molecule has 1 fully saturated rings. The monoisotopic (exact) mass is 400 g/mol. The third-order valence-electron chi connectivity index (χ3n) is 2.99. The van der Waals surface area contributed by atoms with E-state index in [0.717, 1.165) is 0 Å². The number of oxime groups is 1. The van der Waals surface area contributed by atoms with Crippen LogP contribution >= 0.6 is 7.75 Å². The molecule has 1 heterocycles. The third-order valence-corrected chi connectivity index (χ3v) is 4.45. The van der Waals surface area contributed by atoms with Crippen LogP contribution in [0.5, 0.6) is 5.75 Å². The Bertz CT molecular complexity index is 800. The van der Waals surface area contributed by atoms with Gasteiger partial charge in [0, 0.05) is 13.8 Å². The highest BCUT2D eigenvalue weighted by Crippen LogP contribution is 2.45. The number of carboxylic acid groups (broad SMARTS) is 1. The summed E-state index contributed by atoms with van der Waals surface area (Å²) in [6.07, 6.45) is 0. The molecule has 1 aromatic rings. The summed E-state index contributed by atoms with van der Waals surface area (Å²) < 4.78 is 32.4. The Morgan fingerprint density at radius 1 is 1.22 bits per heavy atom. The van der Waals surface area contributed by atoms with Crippen molar-refractivity contribution in [2.24, 2.45) is 5.16 Å². The predicted octanol–water partition coefficient (Wildman–Crippen LogP) is 1.44. The van der Waals surface area contributed by atoms with Crippen molar-refractivity contribution < 1.29 is 42.7 Å². The summed E-state index contributed by atoms with van der Waals surface area (Å²) in [5.41, 5.74) is -0.906. The number of aliphatic carboxylic acids is 1. The summed E-state index contributed by atoms with van der Waals surface area (Å²) in [4.78, 5) is 34.7. The van der Waals surface area contributed by atoms with Crippen LogP contribution in [-0.2, 0) is 33.0 Å². The van der Waals surface area contributed by atoms with Gasteiger partial charge in [-0.2, -0.15) is 5.09 Å². The second-order valence-corrected chi connectivity index (χ2v) is 7.39. The first-order valence-corrected chi connectivity index (χ1v) is 9.14. The van der Waals surface area contributed by atoms with Crippen molar-refractivity contribution in [3.8, 4) is 5.75 Å². The van der Waals surface area contributed by atoms with E-state index in [-0.39, 0.29) is 5.75 Å². The number of carbonyl (C=O) groups excluding carboxylic acids is 2. The number of para-hydroxylation sites is 1. The van der Waals surface area contributed by atoms with Crippen LogP contribution in [0.2, 0.25) is 0 Å². The minimum absolute atomic E-state index is 0.0704. The van der Waals surface area contributed by atoms with Crippen LogP contribution in [-0.4, -0.2) is 40.6 Å². The van der Waals surface area contributed by atoms with Gasteiger partial charge in [0.05, 0.1) is 0 Å². The lowest BCUT2D eigenvalue weighted by Gasteiger charge is -2.28. The van der Waals surface area contributed by atoms with Gasteiger partial charge in [-0.3, -0.25) is 9.42 Å². The zero-order valence-corrected chi connectivity index (χ0v) is 15.5. The average Bonchev–Trinajstić information content (AvgIpc) is 2.53. The van der Waals surface area contributed by atoms with Gasteiger partial charge in [0.15, 0.2) is 0 Å². The fraction of sp³-hybridized carbons (Fsp3) is 0.333. The van der Waals surface area contributed by atoms with E-state index in [1.54, 1.807) is 18.2 Å². The lowest BCUT2D eigenvalue weighted by atomic mass is 10.3. The summed E-state index contributed by atoms with van der Waals surface area (Å²) in [7, 11) is -4.44. The normalized spacial score (nSPS) is 19.1. The highest BCUT2D eigenvalue weighted by atomic mass is 31.2. The lowest BCUT2D eigenvalue weighted by Crippen LogP contribution is -2.46. The van der Waals surface area contributed by atoms with E-state index < -0.39 is 43.2 Å². The summed E-state index contributed by atoms with van der Waals surface area (Å²) in [5.74, 6) is -5.09. The average molecular weight is 400 g/mol. The molecular weight excluding hydrogens is 383 g/mol. The molecule has 2 atom stereocenters. The molecule has 1 unspecified atom stereocenters. The molecule has 1 aliphatic rings.